The first-order chi connectivity index (χ1) is 15.1. The van der Waals surface area contributed by atoms with Crippen LogP contribution in [0.3, 0.4) is 0 Å². The summed E-state index contributed by atoms with van der Waals surface area (Å²) in [6.07, 6.45) is 3.31. The number of anilines is 2. The van der Waals surface area contributed by atoms with Crippen LogP contribution in [0, 0.1) is 6.92 Å². The van der Waals surface area contributed by atoms with Crippen molar-refractivity contribution in [2.75, 3.05) is 19.5 Å². The number of hydrogen-bond donors (Lipinski definition) is 1. The molecule has 1 N–H and O–H groups in total. The van der Waals surface area contributed by atoms with Crippen molar-refractivity contribution in [2.45, 2.75) is 6.92 Å². The van der Waals surface area contributed by atoms with E-state index in [2.05, 4.69) is 15.3 Å². The van der Waals surface area contributed by atoms with Crippen LogP contribution in [0.1, 0.15) is 11.1 Å². The van der Waals surface area contributed by atoms with Crippen LogP contribution >= 0.6 is 0 Å². The minimum Gasteiger partial charge on any atom is -0.497 e. The number of hydrogen-bond acceptors (Lipinski definition) is 6. The molecule has 4 aromatic rings. The first-order valence-corrected chi connectivity index (χ1v) is 9.69. The normalized spacial score (nSPS) is 11.1. The van der Waals surface area contributed by atoms with E-state index < -0.39 is 0 Å². The van der Waals surface area contributed by atoms with Gasteiger partial charge in [0, 0.05) is 18.1 Å². The topological polar surface area (TPSA) is 77.2 Å². The maximum absolute atomic E-state index is 13.3. The Morgan fingerprint density at radius 2 is 1.58 bits per heavy atom. The van der Waals surface area contributed by atoms with Gasteiger partial charge < -0.3 is 14.8 Å². The van der Waals surface area contributed by atoms with E-state index in [1.54, 1.807) is 20.4 Å². The van der Waals surface area contributed by atoms with Crippen molar-refractivity contribution in [1.82, 2.24) is 9.38 Å². The van der Waals surface area contributed by atoms with Gasteiger partial charge in [-0.3, -0.25) is 14.2 Å². The van der Waals surface area contributed by atoms with Crippen LogP contribution in [-0.4, -0.2) is 29.8 Å². The van der Waals surface area contributed by atoms with Crippen molar-refractivity contribution in [1.29, 1.82) is 0 Å². The molecule has 2 aromatic heterocycles. The van der Waals surface area contributed by atoms with Crippen molar-refractivity contribution in [3.8, 4) is 11.5 Å². The fourth-order valence-corrected chi connectivity index (χ4v) is 3.09. The zero-order valence-electron chi connectivity index (χ0n) is 17.5. The highest BCUT2D eigenvalue weighted by Gasteiger charge is 2.12. The summed E-state index contributed by atoms with van der Waals surface area (Å²) in [5.41, 5.74) is 3.14. The molecule has 2 aromatic carbocycles. The van der Waals surface area contributed by atoms with Crippen molar-refractivity contribution >= 4 is 29.1 Å². The van der Waals surface area contributed by atoms with E-state index in [1.165, 1.54) is 10.6 Å². The Bertz CT molecular complexity index is 1290. The number of fused-ring (bicyclic) bond motifs is 1. The monoisotopic (exact) mass is 414 g/mol. The Morgan fingerprint density at radius 1 is 0.935 bits per heavy atom. The Labute approximate surface area is 179 Å². The molecule has 156 valence electrons. The Morgan fingerprint density at radius 3 is 2.23 bits per heavy atom. The van der Waals surface area contributed by atoms with Crippen LogP contribution in [0.25, 0.3) is 5.65 Å². The number of ether oxygens (including phenoxy) is 2. The van der Waals surface area contributed by atoms with Crippen LogP contribution in [0.4, 0.5) is 17.2 Å². The molecule has 2 heterocycles. The van der Waals surface area contributed by atoms with Crippen molar-refractivity contribution < 1.29 is 9.47 Å². The summed E-state index contributed by atoms with van der Waals surface area (Å²) < 4.78 is 11.9. The number of aryl methyl sites for hydroxylation is 1. The third-order valence-electron chi connectivity index (χ3n) is 4.77. The molecular formula is C24H22N4O3. The van der Waals surface area contributed by atoms with Gasteiger partial charge in [-0.15, -0.1) is 0 Å². The summed E-state index contributed by atoms with van der Waals surface area (Å²) in [6.45, 7) is 1.93. The molecule has 0 radical (unpaired) electrons. The van der Waals surface area contributed by atoms with Crippen LogP contribution in [0.2, 0.25) is 0 Å². The van der Waals surface area contributed by atoms with Gasteiger partial charge >= 0.3 is 0 Å². The highest BCUT2D eigenvalue weighted by Crippen LogP contribution is 2.22. The predicted molar refractivity (Wildman–Crippen MR) is 123 cm³/mol. The Balaban J connectivity index is 1.79. The van der Waals surface area contributed by atoms with Gasteiger partial charge in [0.25, 0.3) is 5.56 Å². The molecule has 0 aliphatic carbocycles. The van der Waals surface area contributed by atoms with Crippen LogP contribution in [0.15, 0.2) is 76.6 Å². The molecule has 0 saturated heterocycles. The van der Waals surface area contributed by atoms with Crippen molar-refractivity contribution in [2.24, 2.45) is 4.99 Å². The lowest BCUT2D eigenvalue weighted by Gasteiger charge is -2.11. The molecule has 7 nitrogen and oxygen atoms in total. The molecular weight excluding hydrogens is 392 g/mol. The summed E-state index contributed by atoms with van der Waals surface area (Å²) in [4.78, 5) is 22.4. The van der Waals surface area contributed by atoms with E-state index in [4.69, 9.17) is 9.47 Å². The summed E-state index contributed by atoms with van der Waals surface area (Å²) in [7, 11) is 3.23. The second kappa shape index (κ2) is 8.71. The number of methoxy groups -OCH3 is 2. The molecule has 0 fully saturated rings. The highest BCUT2D eigenvalue weighted by molar-refractivity contribution is 5.89. The predicted octanol–water partition coefficient (Wildman–Crippen LogP) is 4.51. The number of rotatable bonds is 6. The average molecular weight is 414 g/mol. The third kappa shape index (κ3) is 4.40. The smallest absolute Gasteiger partial charge is 0.268 e. The molecule has 0 amide bonds. The molecule has 4 rings (SSSR count). The number of aliphatic imine (C=N–C) groups is 1. The second-order valence-electron chi connectivity index (χ2n) is 6.92. The number of benzene rings is 2. The van der Waals surface area contributed by atoms with E-state index in [9.17, 15) is 4.79 Å². The summed E-state index contributed by atoms with van der Waals surface area (Å²) in [5.74, 6) is 1.91. The molecule has 0 spiro atoms. The van der Waals surface area contributed by atoms with Crippen LogP contribution in [0.5, 0.6) is 11.5 Å². The lowest BCUT2D eigenvalue weighted by molar-refractivity contribution is 0.415. The van der Waals surface area contributed by atoms with E-state index in [0.29, 0.717) is 22.7 Å². The lowest BCUT2D eigenvalue weighted by atomic mass is 10.2. The van der Waals surface area contributed by atoms with Crippen LogP contribution < -0.4 is 20.3 Å². The number of nitrogens with one attached hydrogen (secondary N) is 1. The van der Waals surface area contributed by atoms with Gasteiger partial charge in [0.2, 0.25) is 0 Å². The molecule has 0 aliphatic heterocycles. The van der Waals surface area contributed by atoms with Gasteiger partial charge in [0.1, 0.15) is 28.5 Å². The fraction of sp³-hybridized carbons (Fsp3) is 0.125. The minimum absolute atomic E-state index is 0.207. The summed E-state index contributed by atoms with van der Waals surface area (Å²) in [5, 5.41) is 3.23. The number of nitrogens with zero attached hydrogens (tertiary/aromatic N) is 3. The Hall–Kier alpha value is -4.13. The fourth-order valence-electron chi connectivity index (χ4n) is 3.09. The number of aromatic nitrogens is 2. The maximum Gasteiger partial charge on any atom is 0.268 e. The van der Waals surface area contributed by atoms with Gasteiger partial charge in [-0.2, -0.15) is 0 Å². The average Bonchev–Trinajstić information content (AvgIpc) is 2.80. The SMILES string of the molecule is COc1ccc(N=Cc2c(Nc3ccc(OC)cc3)nc3ccc(C)cn3c2=O)cc1. The van der Waals surface area contributed by atoms with E-state index in [-0.39, 0.29) is 5.56 Å². The first kappa shape index (κ1) is 20.2. The van der Waals surface area contributed by atoms with Gasteiger partial charge in [0.15, 0.2) is 0 Å². The molecule has 0 saturated carbocycles. The standard InChI is InChI=1S/C24H22N4O3/c1-16-4-13-22-27-23(26-18-7-11-20(31-3)12-8-18)21(24(29)28(22)15-16)14-25-17-5-9-19(30-2)10-6-17/h4-15,26H,1-3H3. The van der Waals surface area contributed by atoms with Crippen molar-refractivity contribution in [3.05, 3.63) is 88.3 Å². The largest absolute Gasteiger partial charge is 0.497 e. The minimum atomic E-state index is -0.207. The van der Waals surface area contributed by atoms with E-state index >= 15 is 0 Å². The van der Waals surface area contributed by atoms with Gasteiger partial charge in [0.05, 0.1) is 19.9 Å². The van der Waals surface area contributed by atoms with Gasteiger partial charge in [-0.25, -0.2) is 4.98 Å². The van der Waals surface area contributed by atoms with E-state index in [1.807, 2.05) is 67.6 Å². The van der Waals surface area contributed by atoms with Crippen molar-refractivity contribution in [3.63, 3.8) is 0 Å². The summed E-state index contributed by atoms with van der Waals surface area (Å²) in [6, 6.07) is 18.4. The van der Waals surface area contributed by atoms with Crippen LogP contribution in [-0.2, 0) is 0 Å². The van der Waals surface area contributed by atoms with Gasteiger partial charge in [-0.05, 0) is 67.1 Å². The third-order valence-corrected chi connectivity index (χ3v) is 4.77. The molecule has 31 heavy (non-hydrogen) atoms. The second-order valence-corrected chi connectivity index (χ2v) is 6.92. The maximum atomic E-state index is 13.3. The zero-order chi connectivity index (χ0) is 21.8. The number of pyridine rings is 1. The zero-order valence-corrected chi connectivity index (χ0v) is 17.5. The quantitative estimate of drug-likeness (QED) is 0.470. The molecule has 7 heteroatoms. The summed E-state index contributed by atoms with van der Waals surface area (Å²) >= 11 is 0. The first-order valence-electron chi connectivity index (χ1n) is 9.69. The highest BCUT2D eigenvalue weighted by atomic mass is 16.5. The molecule has 0 atom stereocenters. The molecule has 0 aliphatic rings. The Kier molecular flexibility index (Phi) is 5.66. The molecule has 0 bridgehead atoms. The van der Waals surface area contributed by atoms with E-state index in [0.717, 1.165) is 22.7 Å². The lowest BCUT2D eigenvalue weighted by Crippen LogP contribution is -2.21. The van der Waals surface area contributed by atoms with Gasteiger partial charge in [-0.1, -0.05) is 6.07 Å². The molecule has 0 unspecified atom stereocenters.